The van der Waals surface area contributed by atoms with Crippen LogP contribution in [-0.4, -0.2) is 0 Å². The minimum Gasteiger partial charge on any atom is -0.455 e. The van der Waals surface area contributed by atoms with Crippen LogP contribution in [0.2, 0.25) is 0 Å². The predicted octanol–water partition coefficient (Wildman–Crippen LogP) is 16.2. The van der Waals surface area contributed by atoms with Gasteiger partial charge in [0.25, 0.3) is 0 Å². The molecule has 0 N–H and O–H groups in total. The molecule has 1 heterocycles. The van der Waals surface area contributed by atoms with E-state index >= 15 is 0 Å². The van der Waals surface area contributed by atoms with E-state index in [1.54, 1.807) is 0 Å². The summed E-state index contributed by atoms with van der Waals surface area (Å²) < 4.78 is 6.79. The average Bonchev–Trinajstić information content (AvgIpc) is 3.87. The van der Waals surface area contributed by atoms with Crippen molar-refractivity contribution in [1.29, 1.82) is 0 Å². The molecular formula is C58H43NO. The van der Waals surface area contributed by atoms with E-state index < -0.39 is 0 Å². The second-order valence-electron chi connectivity index (χ2n) is 17.6. The van der Waals surface area contributed by atoms with Crippen LogP contribution < -0.4 is 4.90 Å². The van der Waals surface area contributed by atoms with Crippen LogP contribution in [0.4, 0.5) is 17.1 Å². The third-order valence-electron chi connectivity index (χ3n) is 13.7. The van der Waals surface area contributed by atoms with Gasteiger partial charge in [0, 0.05) is 32.9 Å². The van der Waals surface area contributed by atoms with E-state index in [1.165, 1.54) is 72.1 Å². The highest BCUT2D eigenvalue weighted by atomic mass is 16.3. The normalized spacial score (nSPS) is 14.3. The van der Waals surface area contributed by atoms with Gasteiger partial charge in [0.05, 0.1) is 16.8 Å². The van der Waals surface area contributed by atoms with Gasteiger partial charge in [-0.2, -0.15) is 0 Å². The summed E-state index contributed by atoms with van der Waals surface area (Å²) in [6.45, 7) is 9.45. The Morgan fingerprint density at radius 1 is 0.400 bits per heavy atom. The summed E-state index contributed by atoms with van der Waals surface area (Å²) in [5.74, 6) is 0. The zero-order valence-corrected chi connectivity index (χ0v) is 34.3. The van der Waals surface area contributed by atoms with E-state index in [-0.39, 0.29) is 10.8 Å². The van der Waals surface area contributed by atoms with Crippen molar-refractivity contribution < 1.29 is 4.42 Å². The standard InChI is InChI=1S/C58H43NO/c1-57(2)48-22-10-7-18-43(48)45-33-30-38(35-50(45)57)40-16-9-12-24-51(40)59(52-25-14-26-53-54(52)47-34-29-36-15-5-6-17-42(36)56(47)60-53)39-31-27-37(28-32-39)41-20-13-21-46-44-19-8-11-23-49(44)58(3,4)55(41)46/h5-35H,1-4H3. The van der Waals surface area contributed by atoms with E-state index in [0.29, 0.717) is 0 Å². The van der Waals surface area contributed by atoms with Crippen LogP contribution in [0.25, 0.3) is 77.2 Å². The quantitative estimate of drug-likeness (QED) is 0.173. The van der Waals surface area contributed by atoms with Crippen LogP contribution in [0, 0.1) is 0 Å². The number of benzene rings is 9. The zero-order valence-electron chi connectivity index (χ0n) is 34.3. The van der Waals surface area contributed by atoms with Crippen LogP contribution >= 0.6 is 0 Å². The first-order valence-electron chi connectivity index (χ1n) is 21.1. The highest BCUT2D eigenvalue weighted by Crippen LogP contribution is 2.54. The summed E-state index contributed by atoms with van der Waals surface area (Å²) in [6, 6.07) is 69.2. The highest BCUT2D eigenvalue weighted by molar-refractivity contribution is 6.20. The van der Waals surface area contributed by atoms with Crippen LogP contribution in [0.1, 0.15) is 49.9 Å². The smallest absolute Gasteiger partial charge is 0.143 e. The fourth-order valence-electron chi connectivity index (χ4n) is 10.8. The van der Waals surface area contributed by atoms with Crippen molar-refractivity contribution in [2.45, 2.75) is 38.5 Å². The van der Waals surface area contributed by atoms with E-state index in [9.17, 15) is 0 Å². The molecule has 10 aromatic rings. The molecule has 286 valence electrons. The van der Waals surface area contributed by atoms with E-state index in [2.05, 4.69) is 221 Å². The molecule has 0 fully saturated rings. The maximum atomic E-state index is 6.79. The number of rotatable bonds is 5. The summed E-state index contributed by atoms with van der Waals surface area (Å²) in [5, 5.41) is 4.50. The van der Waals surface area contributed by atoms with Gasteiger partial charge < -0.3 is 9.32 Å². The predicted molar refractivity (Wildman–Crippen MR) is 252 cm³/mol. The van der Waals surface area contributed by atoms with Gasteiger partial charge in [-0.05, 0) is 109 Å². The maximum absolute atomic E-state index is 6.79. The van der Waals surface area contributed by atoms with E-state index in [4.69, 9.17) is 4.42 Å². The first-order valence-corrected chi connectivity index (χ1v) is 21.1. The molecule has 2 aliphatic rings. The molecule has 2 nitrogen and oxygen atoms in total. The molecule has 0 spiro atoms. The molecule has 0 aliphatic heterocycles. The highest BCUT2D eigenvalue weighted by Gasteiger charge is 2.38. The molecule has 0 amide bonds. The van der Waals surface area contributed by atoms with Crippen molar-refractivity contribution in [3.8, 4) is 44.5 Å². The number of furan rings is 1. The molecule has 12 rings (SSSR count). The summed E-state index contributed by atoms with van der Waals surface area (Å²) in [5.41, 5.74) is 20.6. The Morgan fingerprint density at radius 3 is 1.82 bits per heavy atom. The summed E-state index contributed by atoms with van der Waals surface area (Å²) in [7, 11) is 0. The molecule has 0 atom stereocenters. The summed E-state index contributed by atoms with van der Waals surface area (Å²) in [6.07, 6.45) is 0. The third-order valence-corrected chi connectivity index (χ3v) is 13.7. The van der Waals surface area contributed by atoms with Crippen LogP contribution in [0.3, 0.4) is 0 Å². The lowest BCUT2D eigenvalue weighted by Gasteiger charge is -2.29. The molecule has 2 aliphatic carbocycles. The minimum absolute atomic E-state index is 0.107. The Bertz CT molecular complexity index is 3380. The van der Waals surface area contributed by atoms with Crippen molar-refractivity contribution in [2.24, 2.45) is 0 Å². The summed E-state index contributed by atoms with van der Waals surface area (Å²) in [4.78, 5) is 2.45. The molecule has 2 heteroatoms. The van der Waals surface area contributed by atoms with Gasteiger partial charge in [0.1, 0.15) is 11.2 Å². The number of para-hydroxylation sites is 1. The van der Waals surface area contributed by atoms with Gasteiger partial charge in [0.15, 0.2) is 0 Å². The minimum atomic E-state index is -0.111. The molecular weight excluding hydrogens is 727 g/mol. The second-order valence-corrected chi connectivity index (χ2v) is 17.6. The fourth-order valence-corrected chi connectivity index (χ4v) is 10.8. The number of fused-ring (bicyclic) bond motifs is 11. The Kier molecular flexibility index (Phi) is 7.36. The van der Waals surface area contributed by atoms with E-state index in [1.807, 2.05) is 0 Å². The average molecular weight is 770 g/mol. The number of hydrogen-bond donors (Lipinski definition) is 0. The molecule has 1 aromatic heterocycles. The lowest BCUT2D eigenvalue weighted by Crippen LogP contribution is -2.16. The first kappa shape index (κ1) is 34.8. The van der Waals surface area contributed by atoms with Crippen LogP contribution in [0.15, 0.2) is 192 Å². The largest absolute Gasteiger partial charge is 0.455 e. The van der Waals surface area contributed by atoms with Gasteiger partial charge in [-0.15, -0.1) is 0 Å². The van der Waals surface area contributed by atoms with Crippen molar-refractivity contribution in [2.75, 3.05) is 4.90 Å². The summed E-state index contributed by atoms with van der Waals surface area (Å²) >= 11 is 0. The fraction of sp³-hybridized carbons (Fsp3) is 0.103. The molecule has 0 saturated heterocycles. The Balaban J connectivity index is 1.07. The number of nitrogens with zero attached hydrogens (tertiary/aromatic N) is 1. The van der Waals surface area contributed by atoms with Gasteiger partial charge >= 0.3 is 0 Å². The van der Waals surface area contributed by atoms with Gasteiger partial charge in [0.2, 0.25) is 0 Å². The van der Waals surface area contributed by atoms with Crippen molar-refractivity contribution >= 4 is 49.8 Å². The van der Waals surface area contributed by atoms with Crippen molar-refractivity contribution in [3.05, 3.63) is 210 Å². The first-order chi connectivity index (χ1) is 29.3. The van der Waals surface area contributed by atoms with Crippen molar-refractivity contribution in [1.82, 2.24) is 0 Å². The third kappa shape index (κ3) is 4.88. The van der Waals surface area contributed by atoms with Crippen LogP contribution in [-0.2, 0) is 10.8 Å². The lowest BCUT2D eigenvalue weighted by molar-refractivity contribution is 0.660. The molecule has 0 radical (unpaired) electrons. The topological polar surface area (TPSA) is 16.4 Å². The van der Waals surface area contributed by atoms with Crippen LogP contribution in [0.5, 0.6) is 0 Å². The van der Waals surface area contributed by atoms with E-state index in [0.717, 1.165) is 44.4 Å². The Morgan fingerprint density at radius 2 is 1.00 bits per heavy atom. The number of anilines is 3. The monoisotopic (exact) mass is 769 g/mol. The Hall–Kier alpha value is -7.16. The van der Waals surface area contributed by atoms with Crippen molar-refractivity contribution in [3.63, 3.8) is 0 Å². The second kappa shape index (κ2) is 12.7. The molecule has 9 aromatic carbocycles. The van der Waals surface area contributed by atoms with Gasteiger partial charge in [-0.25, -0.2) is 0 Å². The zero-order chi connectivity index (χ0) is 40.3. The lowest BCUT2D eigenvalue weighted by atomic mass is 9.79. The molecule has 0 unspecified atom stereocenters. The van der Waals surface area contributed by atoms with Gasteiger partial charge in [-0.3, -0.25) is 0 Å². The maximum Gasteiger partial charge on any atom is 0.143 e. The molecule has 60 heavy (non-hydrogen) atoms. The number of hydrogen-bond acceptors (Lipinski definition) is 2. The Labute approximate surface area is 351 Å². The molecule has 0 saturated carbocycles. The molecule has 0 bridgehead atoms. The van der Waals surface area contributed by atoms with Gasteiger partial charge in [-0.1, -0.05) is 173 Å². The SMILES string of the molecule is CC1(C)c2ccccc2-c2ccc(-c3ccccc3N(c3ccc(-c4cccc5c4C(C)(C)c4ccccc4-5)cc3)c3cccc4oc5c6ccccc6ccc5c34)cc21.